The van der Waals surface area contributed by atoms with Gasteiger partial charge in [0.05, 0.1) is 0 Å². The van der Waals surface area contributed by atoms with E-state index in [0.29, 0.717) is 0 Å². The van der Waals surface area contributed by atoms with Gasteiger partial charge in [0, 0.05) is 17.3 Å². The van der Waals surface area contributed by atoms with Gasteiger partial charge >= 0.3 is 0 Å². The molecule has 0 unspecified atom stereocenters. The molecule has 0 saturated heterocycles. The Morgan fingerprint density at radius 1 is 0.938 bits per heavy atom. The SMILES string of the molecule is Clc1cccc2c1CNc1ccccc1C2. The molecule has 16 heavy (non-hydrogen) atoms. The molecule has 0 fully saturated rings. The summed E-state index contributed by atoms with van der Waals surface area (Å²) in [5.74, 6) is 0. The van der Waals surface area contributed by atoms with Crippen LogP contribution in [0.5, 0.6) is 0 Å². The summed E-state index contributed by atoms with van der Waals surface area (Å²) in [5.41, 5.74) is 5.10. The molecule has 1 aliphatic heterocycles. The summed E-state index contributed by atoms with van der Waals surface area (Å²) in [5, 5.41) is 4.30. The molecule has 2 heteroatoms. The lowest BCUT2D eigenvalue weighted by molar-refractivity contribution is 1.12. The minimum absolute atomic E-state index is 0.812. The van der Waals surface area contributed by atoms with Crippen molar-refractivity contribution in [3.63, 3.8) is 0 Å². The standard InChI is InChI=1S/C14H12ClN/c15-13-6-3-5-10-8-11-4-1-2-7-14(11)16-9-12(10)13/h1-7,16H,8-9H2. The van der Waals surface area contributed by atoms with Crippen molar-refractivity contribution in [3.05, 3.63) is 64.2 Å². The first-order valence-corrected chi connectivity index (χ1v) is 5.80. The minimum atomic E-state index is 0.812. The second kappa shape index (κ2) is 3.84. The maximum absolute atomic E-state index is 6.22. The molecule has 0 radical (unpaired) electrons. The average Bonchev–Trinajstić information content (AvgIpc) is 2.48. The van der Waals surface area contributed by atoms with Gasteiger partial charge in [-0.3, -0.25) is 0 Å². The molecule has 3 rings (SSSR count). The van der Waals surface area contributed by atoms with Gasteiger partial charge in [-0.1, -0.05) is 41.9 Å². The molecule has 0 aromatic heterocycles. The minimum Gasteiger partial charge on any atom is -0.381 e. The smallest absolute Gasteiger partial charge is 0.0458 e. The number of anilines is 1. The highest BCUT2D eigenvalue weighted by Crippen LogP contribution is 2.29. The molecular weight excluding hydrogens is 218 g/mol. The molecule has 0 spiro atoms. The van der Waals surface area contributed by atoms with Crippen molar-refractivity contribution in [2.45, 2.75) is 13.0 Å². The van der Waals surface area contributed by atoms with Crippen LogP contribution < -0.4 is 5.32 Å². The van der Waals surface area contributed by atoms with Gasteiger partial charge in [-0.05, 0) is 35.2 Å². The second-order valence-electron chi connectivity index (χ2n) is 4.06. The van der Waals surface area contributed by atoms with E-state index < -0.39 is 0 Å². The van der Waals surface area contributed by atoms with Crippen molar-refractivity contribution in [3.8, 4) is 0 Å². The molecule has 2 aromatic carbocycles. The first kappa shape index (κ1) is 9.73. The van der Waals surface area contributed by atoms with Gasteiger partial charge in [-0.25, -0.2) is 0 Å². The second-order valence-corrected chi connectivity index (χ2v) is 4.47. The summed E-state index contributed by atoms with van der Waals surface area (Å²) < 4.78 is 0. The van der Waals surface area contributed by atoms with Crippen LogP contribution in [-0.4, -0.2) is 0 Å². The summed E-state index contributed by atoms with van der Waals surface area (Å²) in [6, 6.07) is 14.6. The summed E-state index contributed by atoms with van der Waals surface area (Å²) in [6.07, 6.45) is 0.957. The molecule has 1 aliphatic rings. The van der Waals surface area contributed by atoms with Crippen LogP contribution in [0.3, 0.4) is 0 Å². The fourth-order valence-electron chi connectivity index (χ4n) is 2.20. The molecule has 80 valence electrons. The number of halogens is 1. The van der Waals surface area contributed by atoms with Crippen molar-refractivity contribution in [2.75, 3.05) is 5.32 Å². The van der Waals surface area contributed by atoms with Crippen molar-refractivity contribution >= 4 is 17.3 Å². The van der Waals surface area contributed by atoms with Gasteiger partial charge in [0.15, 0.2) is 0 Å². The highest BCUT2D eigenvalue weighted by molar-refractivity contribution is 6.31. The maximum atomic E-state index is 6.22. The Kier molecular flexibility index (Phi) is 2.33. The van der Waals surface area contributed by atoms with E-state index >= 15 is 0 Å². The van der Waals surface area contributed by atoms with E-state index in [1.54, 1.807) is 0 Å². The summed E-state index contributed by atoms with van der Waals surface area (Å²) in [6.45, 7) is 0.812. The highest BCUT2D eigenvalue weighted by atomic mass is 35.5. The molecule has 0 amide bonds. The molecule has 0 atom stereocenters. The number of benzene rings is 2. The number of fused-ring (bicyclic) bond motifs is 2. The lowest BCUT2D eigenvalue weighted by Gasteiger charge is -2.07. The monoisotopic (exact) mass is 229 g/mol. The molecule has 0 saturated carbocycles. The Balaban J connectivity index is 2.12. The number of rotatable bonds is 0. The van der Waals surface area contributed by atoms with Crippen LogP contribution in [0.1, 0.15) is 16.7 Å². The number of para-hydroxylation sites is 1. The molecule has 1 heterocycles. The molecular formula is C14H12ClN. The Bertz CT molecular complexity index is 534. The summed E-state index contributed by atoms with van der Waals surface area (Å²) in [4.78, 5) is 0. The summed E-state index contributed by atoms with van der Waals surface area (Å²) in [7, 11) is 0. The van der Waals surface area contributed by atoms with Gasteiger partial charge in [-0.15, -0.1) is 0 Å². The third kappa shape index (κ3) is 1.57. The zero-order valence-corrected chi connectivity index (χ0v) is 9.59. The number of hydrogen-bond donors (Lipinski definition) is 1. The number of hydrogen-bond acceptors (Lipinski definition) is 1. The first-order chi connectivity index (χ1) is 7.84. The van der Waals surface area contributed by atoms with Crippen LogP contribution in [0.2, 0.25) is 5.02 Å². The molecule has 0 aliphatic carbocycles. The van der Waals surface area contributed by atoms with E-state index in [4.69, 9.17) is 11.6 Å². The topological polar surface area (TPSA) is 12.0 Å². The Morgan fingerprint density at radius 2 is 1.75 bits per heavy atom. The average molecular weight is 230 g/mol. The summed E-state index contributed by atoms with van der Waals surface area (Å²) >= 11 is 6.22. The van der Waals surface area contributed by atoms with Crippen LogP contribution in [0, 0.1) is 0 Å². The van der Waals surface area contributed by atoms with E-state index in [-0.39, 0.29) is 0 Å². The van der Waals surface area contributed by atoms with Gasteiger partial charge < -0.3 is 5.32 Å². The van der Waals surface area contributed by atoms with Gasteiger partial charge in [0.1, 0.15) is 0 Å². The molecule has 1 N–H and O–H groups in total. The Morgan fingerprint density at radius 3 is 2.69 bits per heavy atom. The predicted molar refractivity (Wildman–Crippen MR) is 68.0 cm³/mol. The van der Waals surface area contributed by atoms with E-state index in [1.807, 2.05) is 12.1 Å². The predicted octanol–water partition coefficient (Wildman–Crippen LogP) is 3.86. The largest absolute Gasteiger partial charge is 0.381 e. The maximum Gasteiger partial charge on any atom is 0.0458 e. The fraction of sp³-hybridized carbons (Fsp3) is 0.143. The van der Waals surface area contributed by atoms with E-state index in [0.717, 1.165) is 18.0 Å². The molecule has 1 nitrogen and oxygen atoms in total. The quantitative estimate of drug-likeness (QED) is 0.724. The molecule has 0 bridgehead atoms. The van der Waals surface area contributed by atoms with E-state index in [9.17, 15) is 0 Å². The highest BCUT2D eigenvalue weighted by Gasteiger charge is 2.13. The van der Waals surface area contributed by atoms with Crippen LogP contribution >= 0.6 is 11.6 Å². The zero-order valence-electron chi connectivity index (χ0n) is 8.83. The number of nitrogens with one attached hydrogen (secondary N) is 1. The van der Waals surface area contributed by atoms with Gasteiger partial charge in [0.25, 0.3) is 0 Å². The molecule has 2 aromatic rings. The van der Waals surface area contributed by atoms with Crippen LogP contribution in [0.25, 0.3) is 0 Å². The third-order valence-corrected chi connectivity index (χ3v) is 3.42. The first-order valence-electron chi connectivity index (χ1n) is 5.42. The van der Waals surface area contributed by atoms with Gasteiger partial charge in [-0.2, -0.15) is 0 Å². The zero-order chi connectivity index (χ0) is 11.0. The van der Waals surface area contributed by atoms with Crippen molar-refractivity contribution in [2.24, 2.45) is 0 Å². The van der Waals surface area contributed by atoms with Crippen molar-refractivity contribution in [1.29, 1.82) is 0 Å². The Hall–Kier alpha value is -1.47. The van der Waals surface area contributed by atoms with Gasteiger partial charge in [0.2, 0.25) is 0 Å². The Labute approximate surface area is 100 Å². The van der Waals surface area contributed by atoms with E-state index in [2.05, 4.69) is 35.6 Å². The third-order valence-electron chi connectivity index (χ3n) is 3.07. The van der Waals surface area contributed by atoms with E-state index in [1.165, 1.54) is 22.4 Å². The van der Waals surface area contributed by atoms with Crippen LogP contribution in [0.15, 0.2) is 42.5 Å². The fourth-order valence-corrected chi connectivity index (χ4v) is 2.46. The van der Waals surface area contributed by atoms with Crippen LogP contribution in [0.4, 0.5) is 5.69 Å². The normalized spacial score (nSPS) is 13.3. The van der Waals surface area contributed by atoms with Crippen molar-refractivity contribution < 1.29 is 0 Å². The van der Waals surface area contributed by atoms with Crippen LogP contribution in [-0.2, 0) is 13.0 Å². The lowest BCUT2D eigenvalue weighted by atomic mass is 10.0. The lowest BCUT2D eigenvalue weighted by Crippen LogP contribution is -1.99. The van der Waals surface area contributed by atoms with Crippen molar-refractivity contribution in [1.82, 2.24) is 0 Å².